The van der Waals surface area contributed by atoms with Gasteiger partial charge in [0.2, 0.25) is 11.8 Å². The molecule has 10 nitrogen and oxygen atoms in total. The topological polar surface area (TPSA) is 128 Å². The summed E-state index contributed by atoms with van der Waals surface area (Å²) in [6.07, 6.45) is 2.77. The van der Waals surface area contributed by atoms with E-state index in [1.807, 2.05) is 13.8 Å². The maximum absolute atomic E-state index is 14.9. The second-order valence-corrected chi connectivity index (χ2v) is 10.2. The fourth-order valence-corrected chi connectivity index (χ4v) is 4.94. The summed E-state index contributed by atoms with van der Waals surface area (Å²) in [6.45, 7) is 3.86. The standard InChI is InChI=1S/C23H22ClFN6O4S/c1-12(2)28-23-27-10-13-7-17(22(32)31(3)20(13)29-23)16-9-15(5-6-18(16)25)30-36(33,34)19-8-14(24)11-26-21(19)35-4/h5-12,30H,1-4H3,(H,27,28,29). The summed E-state index contributed by atoms with van der Waals surface area (Å²) in [5, 5.41) is 3.66. The fraction of sp³-hybridized carbons (Fsp3) is 0.217. The Kier molecular flexibility index (Phi) is 6.83. The Morgan fingerprint density at radius 3 is 2.56 bits per heavy atom. The molecule has 1 aromatic carbocycles. The first kappa shape index (κ1) is 25.3. The molecule has 0 bridgehead atoms. The SMILES string of the molecule is COc1ncc(Cl)cc1S(=O)(=O)Nc1ccc(F)c(-c2cc3cnc(NC(C)C)nc3n(C)c2=O)c1. The van der Waals surface area contributed by atoms with Gasteiger partial charge in [0.1, 0.15) is 11.5 Å². The number of methoxy groups -OCH3 is 1. The average Bonchev–Trinajstić information content (AvgIpc) is 2.82. The molecular weight excluding hydrogens is 511 g/mol. The first-order chi connectivity index (χ1) is 17.0. The molecule has 0 atom stereocenters. The lowest BCUT2D eigenvalue weighted by Crippen LogP contribution is -2.21. The highest BCUT2D eigenvalue weighted by atomic mass is 35.5. The van der Waals surface area contributed by atoms with Crippen LogP contribution >= 0.6 is 11.6 Å². The van der Waals surface area contributed by atoms with Crippen molar-refractivity contribution in [2.75, 3.05) is 17.1 Å². The monoisotopic (exact) mass is 532 g/mol. The summed E-state index contributed by atoms with van der Waals surface area (Å²) in [4.78, 5) is 25.3. The number of aryl methyl sites for hydroxylation is 1. The van der Waals surface area contributed by atoms with Crippen LogP contribution in [0.4, 0.5) is 16.0 Å². The third kappa shape index (κ3) is 4.95. The van der Waals surface area contributed by atoms with E-state index in [0.717, 1.165) is 6.07 Å². The lowest BCUT2D eigenvalue weighted by atomic mass is 10.0. The van der Waals surface area contributed by atoms with Crippen LogP contribution in [0.3, 0.4) is 0 Å². The summed E-state index contributed by atoms with van der Waals surface area (Å²) >= 11 is 5.91. The van der Waals surface area contributed by atoms with Gasteiger partial charge in [-0.15, -0.1) is 0 Å². The smallest absolute Gasteiger partial charge is 0.267 e. The number of anilines is 2. The highest BCUT2D eigenvalue weighted by molar-refractivity contribution is 7.92. The zero-order chi connectivity index (χ0) is 26.2. The minimum Gasteiger partial charge on any atom is -0.480 e. The summed E-state index contributed by atoms with van der Waals surface area (Å²) in [6, 6.07) is 6.27. The normalized spacial score (nSPS) is 11.6. The Bertz CT molecular complexity index is 1640. The maximum atomic E-state index is 14.9. The minimum atomic E-state index is -4.21. The van der Waals surface area contributed by atoms with Crippen LogP contribution in [0.15, 0.2) is 52.4 Å². The van der Waals surface area contributed by atoms with Gasteiger partial charge in [0.05, 0.1) is 17.7 Å². The maximum Gasteiger partial charge on any atom is 0.267 e. The molecule has 0 aliphatic carbocycles. The van der Waals surface area contributed by atoms with Crippen molar-refractivity contribution in [1.29, 1.82) is 0 Å². The number of nitrogens with zero attached hydrogens (tertiary/aromatic N) is 4. The fourth-order valence-electron chi connectivity index (χ4n) is 3.53. The van der Waals surface area contributed by atoms with E-state index < -0.39 is 21.4 Å². The van der Waals surface area contributed by atoms with E-state index >= 15 is 0 Å². The van der Waals surface area contributed by atoms with Gasteiger partial charge in [-0.05, 0) is 44.2 Å². The average molecular weight is 533 g/mol. The molecule has 0 saturated heterocycles. The van der Waals surface area contributed by atoms with Crippen LogP contribution in [0.25, 0.3) is 22.2 Å². The number of rotatable bonds is 7. The van der Waals surface area contributed by atoms with Crippen LogP contribution in [0.2, 0.25) is 5.02 Å². The molecule has 188 valence electrons. The summed E-state index contributed by atoms with van der Waals surface area (Å²) in [7, 11) is -1.43. The predicted octanol–water partition coefficient (Wildman–Crippen LogP) is 3.81. The number of sulfonamides is 1. The molecule has 0 spiro atoms. The van der Waals surface area contributed by atoms with Crippen molar-refractivity contribution >= 4 is 44.3 Å². The van der Waals surface area contributed by atoms with Gasteiger partial charge in [-0.1, -0.05) is 11.6 Å². The van der Waals surface area contributed by atoms with Crippen LogP contribution in [-0.4, -0.2) is 41.1 Å². The molecule has 4 rings (SSSR count). The third-order valence-electron chi connectivity index (χ3n) is 5.14. The lowest BCUT2D eigenvalue weighted by molar-refractivity contribution is 0.385. The van der Waals surface area contributed by atoms with Gasteiger partial charge >= 0.3 is 0 Å². The number of nitrogens with one attached hydrogen (secondary N) is 2. The number of halogens is 2. The summed E-state index contributed by atoms with van der Waals surface area (Å²) in [5.41, 5.74) is -0.226. The molecule has 13 heteroatoms. The van der Waals surface area contributed by atoms with E-state index in [1.165, 1.54) is 55.4 Å². The number of pyridine rings is 2. The van der Waals surface area contributed by atoms with Crippen molar-refractivity contribution in [3.63, 3.8) is 0 Å². The van der Waals surface area contributed by atoms with E-state index in [0.29, 0.717) is 17.0 Å². The number of hydrogen-bond acceptors (Lipinski definition) is 8. The lowest BCUT2D eigenvalue weighted by Gasteiger charge is -2.14. The second-order valence-electron chi connectivity index (χ2n) is 8.15. The molecule has 0 aliphatic heterocycles. The number of fused-ring (bicyclic) bond motifs is 1. The second kappa shape index (κ2) is 9.70. The minimum absolute atomic E-state index is 0.0127. The molecule has 3 aromatic heterocycles. The molecule has 36 heavy (non-hydrogen) atoms. The van der Waals surface area contributed by atoms with Crippen LogP contribution < -0.4 is 20.3 Å². The molecule has 0 radical (unpaired) electrons. The molecule has 2 N–H and O–H groups in total. The third-order valence-corrected chi connectivity index (χ3v) is 6.73. The molecule has 0 saturated carbocycles. The van der Waals surface area contributed by atoms with Crippen molar-refractivity contribution in [3.8, 4) is 17.0 Å². The molecule has 0 aliphatic rings. The van der Waals surface area contributed by atoms with Gasteiger partial charge in [-0.3, -0.25) is 14.1 Å². The van der Waals surface area contributed by atoms with E-state index in [9.17, 15) is 17.6 Å². The van der Waals surface area contributed by atoms with Gasteiger partial charge in [-0.2, -0.15) is 4.98 Å². The Balaban J connectivity index is 1.78. The zero-order valence-corrected chi connectivity index (χ0v) is 21.3. The highest BCUT2D eigenvalue weighted by Gasteiger charge is 2.23. The van der Waals surface area contributed by atoms with Crippen LogP contribution in [0, 0.1) is 5.82 Å². The molecular formula is C23H22ClFN6O4S. The molecule has 0 unspecified atom stereocenters. The number of hydrogen-bond donors (Lipinski definition) is 2. The molecule has 0 fully saturated rings. The van der Waals surface area contributed by atoms with Gasteiger partial charge in [-0.25, -0.2) is 22.8 Å². The summed E-state index contributed by atoms with van der Waals surface area (Å²) < 4.78 is 49.6. The number of benzene rings is 1. The Morgan fingerprint density at radius 2 is 1.86 bits per heavy atom. The van der Waals surface area contributed by atoms with Crippen molar-refractivity contribution in [1.82, 2.24) is 19.5 Å². The summed E-state index contributed by atoms with van der Waals surface area (Å²) in [5.74, 6) is -0.520. The van der Waals surface area contributed by atoms with Crippen molar-refractivity contribution in [2.24, 2.45) is 7.05 Å². The van der Waals surface area contributed by atoms with E-state index in [2.05, 4.69) is 25.0 Å². The first-order valence-electron chi connectivity index (χ1n) is 10.7. The Labute approximate surface area is 211 Å². The Morgan fingerprint density at radius 1 is 1.11 bits per heavy atom. The largest absolute Gasteiger partial charge is 0.480 e. The Hall–Kier alpha value is -3.77. The van der Waals surface area contributed by atoms with Gasteiger partial charge in [0.25, 0.3) is 15.6 Å². The van der Waals surface area contributed by atoms with E-state index in [4.69, 9.17) is 16.3 Å². The van der Waals surface area contributed by atoms with Crippen molar-refractivity contribution < 1.29 is 17.5 Å². The van der Waals surface area contributed by atoms with Crippen LogP contribution in [0.1, 0.15) is 13.8 Å². The number of aromatic nitrogens is 4. The predicted molar refractivity (Wildman–Crippen MR) is 136 cm³/mol. The first-order valence-corrected chi connectivity index (χ1v) is 12.5. The molecule has 4 aromatic rings. The zero-order valence-electron chi connectivity index (χ0n) is 19.7. The van der Waals surface area contributed by atoms with Crippen molar-refractivity contribution in [2.45, 2.75) is 24.8 Å². The molecule has 0 amide bonds. The van der Waals surface area contributed by atoms with Gasteiger partial charge < -0.3 is 10.1 Å². The van der Waals surface area contributed by atoms with Crippen molar-refractivity contribution in [3.05, 3.63) is 63.9 Å². The van der Waals surface area contributed by atoms with Gasteiger partial charge in [0, 0.05) is 42.1 Å². The molecule has 3 heterocycles. The number of ether oxygens (including phenoxy) is 1. The highest BCUT2D eigenvalue weighted by Crippen LogP contribution is 2.30. The van der Waals surface area contributed by atoms with Crippen LogP contribution in [0.5, 0.6) is 5.88 Å². The van der Waals surface area contributed by atoms with Gasteiger partial charge in [0.15, 0.2) is 4.90 Å². The van der Waals surface area contributed by atoms with Crippen LogP contribution in [-0.2, 0) is 17.1 Å². The quantitative estimate of drug-likeness (QED) is 0.368. The van der Waals surface area contributed by atoms with E-state index in [1.54, 1.807) is 0 Å². The van der Waals surface area contributed by atoms with E-state index in [-0.39, 0.29) is 38.7 Å².